The van der Waals surface area contributed by atoms with Crippen molar-refractivity contribution in [1.29, 1.82) is 0 Å². The Kier molecular flexibility index (Phi) is 4.78. The molecule has 190 valence electrons. The molecule has 0 nitrogen and oxygen atoms in total. The minimum Gasteiger partial charge on any atom is -0.0763 e. The van der Waals surface area contributed by atoms with E-state index in [2.05, 4.69) is 109 Å². The number of benzene rings is 6. The third-order valence-corrected chi connectivity index (χ3v) is 9.72. The summed E-state index contributed by atoms with van der Waals surface area (Å²) < 4.78 is 0. The molecule has 3 aliphatic rings. The molecule has 0 saturated heterocycles. The summed E-state index contributed by atoms with van der Waals surface area (Å²) in [6.45, 7) is 0. The van der Waals surface area contributed by atoms with Gasteiger partial charge in [-0.05, 0) is 132 Å². The lowest BCUT2D eigenvalue weighted by molar-refractivity contribution is 0.905. The largest absolute Gasteiger partial charge is 0.0763 e. The summed E-state index contributed by atoms with van der Waals surface area (Å²) in [6, 6.07) is 34.3. The molecule has 0 atom stereocenters. The van der Waals surface area contributed by atoms with Crippen LogP contribution in [0.4, 0.5) is 0 Å². The van der Waals surface area contributed by atoms with E-state index >= 15 is 0 Å². The summed E-state index contributed by atoms with van der Waals surface area (Å²) in [5, 5.41) is 12.7. The van der Waals surface area contributed by atoms with E-state index in [1.165, 1.54) is 76.2 Å². The summed E-state index contributed by atoms with van der Waals surface area (Å²) in [5.74, 6) is 0. The molecule has 40 heavy (non-hydrogen) atoms. The zero-order chi connectivity index (χ0) is 26.2. The molecule has 6 aromatic rings. The van der Waals surface area contributed by atoms with Crippen molar-refractivity contribution in [3.8, 4) is 0 Å². The normalized spacial score (nSPS) is 16.8. The van der Waals surface area contributed by atoms with Crippen LogP contribution in [-0.4, -0.2) is 0 Å². The molecule has 0 amide bonds. The van der Waals surface area contributed by atoms with Crippen LogP contribution in [0.3, 0.4) is 0 Å². The van der Waals surface area contributed by atoms with Gasteiger partial charge in [0.25, 0.3) is 0 Å². The van der Waals surface area contributed by atoms with Gasteiger partial charge < -0.3 is 0 Å². The monoisotopic (exact) mass is 510 g/mol. The van der Waals surface area contributed by atoms with Crippen LogP contribution in [-0.2, 0) is 6.42 Å². The van der Waals surface area contributed by atoms with E-state index in [1.54, 1.807) is 11.1 Å². The van der Waals surface area contributed by atoms with Gasteiger partial charge in [-0.1, -0.05) is 103 Å². The van der Waals surface area contributed by atoms with Crippen LogP contribution < -0.4 is 5.22 Å². The van der Waals surface area contributed by atoms with Gasteiger partial charge in [0.2, 0.25) is 0 Å². The molecule has 9 rings (SSSR count). The van der Waals surface area contributed by atoms with E-state index in [0.29, 0.717) is 0 Å². The van der Waals surface area contributed by atoms with Gasteiger partial charge in [0, 0.05) is 0 Å². The summed E-state index contributed by atoms with van der Waals surface area (Å²) >= 11 is 0. The van der Waals surface area contributed by atoms with E-state index in [9.17, 15) is 0 Å². The summed E-state index contributed by atoms with van der Waals surface area (Å²) in [4.78, 5) is 0. The molecule has 0 heterocycles. The van der Waals surface area contributed by atoms with Crippen molar-refractivity contribution in [3.05, 3.63) is 136 Å². The maximum atomic E-state index is 2.54. The van der Waals surface area contributed by atoms with Gasteiger partial charge in [0.15, 0.2) is 0 Å². The Bertz CT molecular complexity index is 2200. The Balaban J connectivity index is 1.17. The first kappa shape index (κ1) is 22.4. The van der Waals surface area contributed by atoms with Crippen molar-refractivity contribution in [3.63, 3.8) is 0 Å². The Labute approximate surface area is 234 Å². The summed E-state index contributed by atoms with van der Waals surface area (Å²) in [7, 11) is 0. The van der Waals surface area contributed by atoms with Gasteiger partial charge in [-0.15, -0.1) is 0 Å². The molecule has 0 saturated carbocycles. The molecule has 3 aliphatic carbocycles. The fourth-order valence-corrected chi connectivity index (χ4v) is 7.81. The molecule has 0 N–H and O–H groups in total. The van der Waals surface area contributed by atoms with Crippen LogP contribution >= 0.6 is 0 Å². The number of hydrogen-bond acceptors (Lipinski definition) is 0. The highest BCUT2D eigenvalue weighted by Gasteiger charge is 2.22. The highest BCUT2D eigenvalue weighted by Crippen LogP contribution is 2.44. The van der Waals surface area contributed by atoms with E-state index < -0.39 is 0 Å². The van der Waals surface area contributed by atoms with Crippen molar-refractivity contribution < 1.29 is 0 Å². The maximum absolute atomic E-state index is 2.54. The van der Waals surface area contributed by atoms with Gasteiger partial charge in [-0.2, -0.15) is 0 Å². The molecule has 0 unspecified atom stereocenters. The minimum atomic E-state index is 1.10. The fourth-order valence-electron chi connectivity index (χ4n) is 7.81. The Morgan fingerprint density at radius 2 is 1.23 bits per heavy atom. The lowest BCUT2D eigenvalue weighted by Gasteiger charge is -2.25. The number of aryl methyl sites for hydroxylation is 1. The molecule has 0 heteroatoms. The Morgan fingerprint density at radius 1 is 0.475 bits per heavy atom. The van der Waals surface area contributed by atoms with Gasteiger partial charge in [0.05, 0.1) is 0 Å². The van der Waals surface area contributed by atoms with Crippen LogP contribution in [0.25, 0.3) is 60.3 Å². The second-order valence-electron chi connectivity index (χ2n) is 11.8. The molecule has 0 spiro atoms. The van der Waals surface area contributed by atoms with Gasteiger partial charge >= 0.3 is 0 Å². The highest BCUT2D eigenvalue weighted by atomic mass is 14.3. The van der Waals surface area contributed by atoms with Gasteiger partial charge in [-0.3, -0.25) is 0 Å². The lowest BCUT2D eigenvalue weighted by Crippen LogP contribution is -2.10. The SMILES string of the molecule is C1=C(c2ccc3ccccc3c2)CCC2=C1CCC(c1ccc3c4c5c(cccc5c5cccc1c35)=CCC4)=C2. The molecule has 0 aromatic heterocycles. The molecule has 0 radical (unpaired) electrons. The Morgan fingerprint density at radius 3 is 2.12 bits per heavy atom. The second kappa shape index (κ2) is 8.54. The molecule has 6 aromatic carbocycles. The predicted octanol–water partition coefficient (Wildman–Crippen LogP) is 10.1. The smallest absolute Gasteiger partial charge is 0.00235 e. The van der Waals surface area contributed by atoms with E-state index in [-0.39, 0.29) is 0 Å². The van der Waals surface area contributed by atoms with Gasteiger partial charge in [0.1, 0.15) is 0 Å². The van der Waals surface area contributed by atoms with Crippen molar-refractivity contribution in [2.75, 3.05) is 0 Å². The van der Waals surface area contributed by atoms with Crippen LogP contribution in [0.1, 0.15) is 48.8 Å². The van der Waals surface area contributed by atoms with Crippen molar-refractivity contribution in [2.24, 2.45) is 0 Å². The van der Waals surface area contributed by atoms with Crippen LogP contribution in [0.15, 0.2) is 114 Å². The van der Waals surface area contributed by atoms with Gasteiger partial charge in [-0.25, -0.2) is 0 Å². The highest BCUT2D eigenvalue weighted by molar-refractivity contribution is 6.25. The van der Waals surface area contributed by atoms with Crippen LogP contribution in [0.5, 0.6) is 0 Å². The minimum absolute atomic E-state index is 1.10. The standard InChI is InChI=1S/C40H30/c1-2-7-27-22-28(15-14-25(27)6-1)29-16-17-31-24-32(19-18-30(31)23-29)33-20-21-38-36-11-4-9-26-8-3-10-35(39(26)36)37-13-5-12-34(33)40(37)38/h1-3,5-10,12-15,20-24H,4,11,16-19H2. The summed E-state index contributed by atoms with van der Waals surface area (Å²) in [6.07, 6.45) is 14.2. The zero-order valence-electron chi connectivity index (χ0n) is 22.6. The lowest BCUT2D eigenvalue weighted by atomic mass is 9.79. The van der Waals surface area contributed by atoms with Crippen molar-refractivity contribution >= 4 is 60.3 Å². The van der Waals surface area contributed by atoms with E-state index in [1.807, 2.05) is 0 Å². The molecule has 0 aliphatic heterocycles. The first-order valence-electron chi connectivity index (χ1n) is 14.8. The van der Waals surface area contributed by atoms with E-state index in [4.69, 9.17) is 0 Å². The first-order chi connectivity index (χ1) is 19.8. The first-order valence-corrected chi connectivity index (χ1v) is 14.8. The van der Waals surface area contributed by atoms with Crippen molar-refractivity contribution in [1.82, 2.24) is 0 Å². The topological polar surface area (TPSA) is 0 Å². The third-order valence-electron chi connectivity index (χ3n) is 9.72. The Hall–Kier alpha value is -4.42. The molecular weight excluding hydrogens is 480 g/mol. The number of fused-ring (bicyclic) bond motifs is 3. The zero-order valence-corrected chi connectivity index (χ0v) is 22.6. The maximum Gasteiger partial charge on any atom is -0.00235 e. The average Bonchev–Trinajstić information content (AvgIpc) is 3.02. The second-order valence-corrected chi connectivity index (χ2v) is 11.8. The number of rotatable bonds is 2. The quantitative estimate of drug-likeness (QED) is 0.161. The molecule has 0 bridgehead atoms. The summed E-state index contributed by atoms with van der Waals surface area (Å²) in [5.41, 5.74) is 10.4. The van der Waals surface area contributed by atoms with Crippen LogP contribution in [0, 0.1) is 0 Å². The number of allylic oxidation sites excluding steroid dienone is 6. The predicted molar refractivity (Wildman–Crippen MR) is 172 cm³/mol. The van der Waals surface area contributed by atoms with E-state index in [0.717, 1.165) is 38.5 Å². The van der Waals surface area contributed by atoms with Crippen molar-refractivity contribution in [2.45, 2.75) is 38.5 Å². The van der Waals surface area contributed by atoms with Crippen LogP contribution in [0.2, 0.25) is 0 Å². The average molecular weight is 511 g/mol. The number of hydrogen-bond donors (Lipinski definition) is 0. The molecular formula is C40H30. The molecule has 0 fully saturated rings. The fraction of sp³-hybridized carbons (Fsp3) is 0.150. The third kappa shape index (κ3) is 3.26.